The first kappa shape index (κ1) is 16.5. The average molecular weight is 289 g/mol. The lowest BCUT2D eigenvalue weighted by molar-refractivity contribution is 0.0579. The number of rotatable bonds is 3. The van der Waals surface area contributed by atoms with Gasteiger partial charge in [0, 0.05) is 6.04 Å². The molecule has 0 aliphatic carbocycles. The van der Waals surface area contributed by atoms with Crippen LogP contribution in [0, 0.1) is 11.3 Å². The van der Waals surface area contributed by atoms with E-state index in [4.69, 9.17) is 0 Å². The molecule has 0 spiro atoms. The van der Waals surface area contributed by atoms with E-state index in [-0.39, 0.29) is 6.04 Å². The molecular weight excluding hydrogens is 258 g/mol. The van der Waals surface area contributed by atoms with Gasteiger partial charge in [-0.15, -0.1) is 0 Å². The molecule has 1 heterocycles. The average Bonchev–Trinajstić information content (AvgIpc) is 2.72. The van der Waals surface area contributed by atoms with Gasteiger partial charge >= 0.3 is 0 Å². The summed E-state index contributed by atoms with van der Waals surface area (Å²) in [6, 6.07) is 10.2. The van der Waals surface area contributed by atoms with E-state index in [9.17, 15) is 5.11 Å². The Labute approximate surface area is 130 Å². The molecule has 2 rings (SSSR count). The maximum atomic E-state index is 10.6. The van der Waals surface area contributed by atoms with Crippen LogP contribution in [0.1, 0.15) is 58.6 Å². The second kappa shape index (κ2) is 6.93. The number of benzene rings is 1. The molecule has 3 atom stereocenters. The summed E-state index contributed by atoms with van der Waals surface area (Å²) in [4.78, 5) is 2.48. The van der Waals surface area contributed by atoms with Crippen molar-refractivity contribution in [3.8, 4) is 0 Å². The lowest BCUT2D eigenvalue weighted by Gasteiger charge is -2.33. The first-order valence-electron chi connectivity index (χ1n) is 8.36. The number of hydrogen-bond donors (Lipinski definition) is 1. The maximum Gasteiger partial charge on any atom is 0.0942 e. The van der Waals surface area contributed by atoms with E-state index in [0.29, 0.717) is 5.41 Å². The van der Waals surface area contributed by atoms with Crippen molar-refractivity contribution in [2.24, 2.45) is 11.3 Å². The molecular formula is C19H31NO. The van der Waals surface area contributed by atoms with E-state index < -0.39 is 6.10 Å². The van der Waals surface area contributed by atoms with Gasteiger partial charge in [-0.25, -0.2) is 0 Å². The molecule has 0 radical (unpaired) electrons. The quantitative estimate of drug-likeness (QED) is 0.899. The minimum atomic E-state index is -0.391. The van der Waals surface area contributed by atoms with Gasteiger partial charge in [-0.1, -0.05) is 51.1 Å². The van der Waals surface area contributed by atoms with Gasteiger partial charge in [0.2, 0.25) is 0 Å². The third kappa shape index (κ3) is 4.31. The van der Waals surface area contributed by atoms with E-state index in [2.05, 4.69) is 32.6 Å². The van der Waals surface area contributed by atoms with Crippen LogP contribution >= 0.6 is 0 Å². The molecule has 0 bridgehead atoms. The highest BCUT2D eigenvalue weighted by Gasteiger charge is 2.30. The van der Waals surface area contributed by atoms with Crippen LogP contribution in [-0.2, 0) is 0 Å². The first-order chi connectivity index (χ1) is 9.89. The first-order valence-corrected chi connectivity index (χ1v) is 8.36. The Morgan fingerprint density at radius 2 is 1.76 bits per heavy atom. The molecule has 0 aromatic heterocycles. The zero-order chi connectivity index (χ0) is 15.5. The van der Waals surface area contributed by atoms with Crippen molar-refractivity contribution in [2.45, 2.75) is 59.1 Å². The summed E-state index contributed by atoms with van der Waals surface area (Å²) in [5.41, 5.74) is 1.43. The Morgan fingerprint density at radius 1 is 1.10 bits per heavy atom. The Balaban J connectivity index is 1.99. The third-order valence-electron chi connectivity index (χ3n) is 5.16. The molecule has 118 valence electrons. The highest BCUT2D eigenvalue weighted by atomic mass is 16.3. The number of aliphatic hydroxyl groups excluding tert-OH is 1. The summed E-state index contributed by atoms with van der Waals surface area (Å²) in [7, 11) is 0. The highest BCUT2D eigenvalue weighted by Crippen LogP contribution is 2.35. The maximum absolute atomic E-state index is 10.6. The normalized spacial score (nSPS) is 24.3. The largest absolute Gasteiger partial charge is 0.387 e. The Kier molecular flexibility index (Phi) is 5.45. The number of likely N-dealkylation sites (tertiary alicyclic amines) is 1. The second-order valence-corrected chi connectivity index (χ2v) is 7.63. The van der Waals surface area contributed by atoms with Crippen molar-refractivity contribution < 1.29 is 5.11 Å². The van der Waals surface area contributed by atoms with Crippen molar-refractivity contribution in [2.75, 3.05) is 13.1 Å². The summed E-state index contributed by atoms with van der Waals surface area (Å²) in [5.74, 6) is 0.795. The van der Waals surface area contributed by atoms with E-state index >= 15 is 0 Å². The van der Waals surface area contributed by atoms with Crippen LogP contribution < -0.4 is 0 Å². The van der Waals surface area contributed by atoms with Gasteiger partial charge in [0.25, 0.3) is 0 Å². The van der Waals surface area contributed by atoms with Crippen molar-refractivity contribution in [3.05, 3.63) is 35.9 Å². The van der Waals surface area contributed by atoms with Gasteiger partial charge in [-0.2, -0.15) is 0 Å². The van der Waals surface area contributed by atoms with E-state index in [1.54, 1.807) is 0 Å². The third-order valence-corrected chi connectivity index (χ3v) is 5.16. The second-order valence-electron chi connectivity index (χ2n) is 7.63. The van der Waals surface area contributed by atoms with Gasteiger partial charge in [0.05, 0.1) is 6.10 Å². The molecule has 1 fully saturated rings. The molecule has 1 saturated heterocycles. The summed E-state index contributed by atoms with van der Waals surface area (Å²) in [6.07, 6.45) is 3.41. The van der Waals surface area contributed by atoms with Crippen LogP contribution in [0.2, 0.25) is 0 Å². The fourth-order valence-corrected chi connectivity index (χ4v) is 3.52. The van der Waals surface area contributed by atoms with Crippen LogP contribution in [0.3, 0.4) is 0 Å². The van der Waals surface area contributed by atoms with Crippen LogP contribution in [0.4, 0.5) is 0 Å². The highest BCUT2D eigenvalue weighted by molar-refractivity contribution is 5.18. The molecule has 1 aliphatic heterocycles. The minimum Gasteiger partial charge on any atom is -0.387 e. The summed E-state index contributed by atoms with van der Waals surface area (Å²) >= 11 is 0. The fourth-order valence-electron chi connectivity index (χ4n) is 3.52. The lowest BCUT2D eigenvalue weighted by atomic mass is 9.77. The molecule has 1 aromatic carbocycles. The number of nitrogens with zero attached hydrogens (tertiary/aromatic N) is 1. The molecule has 1 N–H and O–H groups in total. The Bertz CT molecular complexity index is 423. The standard InChI is InChI=1S/C19H31NO/c1-15(18(21)16-9-6-5-7-10-16)20-13-8-11-17(12-14-20)19(2,3)4/h5-7,9-10,15,17-18,21H,8,11-14H2,1-4H3. The zero-order valence-corrected chi connectivity index (χ0v) is 14.0. The molecule has 2 heteroatoms. The van der Waals surface area contributed by atoms with Crippen molar-refractivity contribution in [3.63, 3.8) is 0 Å². The Morgan fingerprint density at radius 3 is 2.38 bits per heavy atom. The number of hydrogen-bond acceptors (Lipinski definition) is 2. The summed E-state index contributed by atoms with van der Waals surface area (Å²) in [6.45, 7) is 11.4. The smallest absolute Gasteiger partial charge is 0.0942 e. The van der Waals surface area contributed by atoms with Crippen molar-refractivity contribution >= 4 is 0 Å². The SMILES string of the molecule is CC(C(O)c1ccccc1)N1CCCC(C(C)(C)C)CC1. The molecule has 0 saturated carbocycles. The van der Waals surface area contributed by atoms with Gasteiger partial charge in [0.1, 0.15) is 0 Å². The minimum absolute atomic E-state index is 0.186. The van der Waals surface area contributed by atoms with Crippen LogP contribution in [0.25, 0.3) is 0 Å². The predicted molar refractivity (Wildman–Crippen MR) is 89.2 cm³/mol. The molecule has 21 heavy (non-hydrogen) atoms. The van der Waals surface area contributed by atoms with Gasteiger partial charge in [0.15, 0.2) is 0 Å². The molecule has 2 nitrogen and oxygen atoms in total. The molecule has 3 unspecified atom stereocenters. The van der Waals surface area contributed by atoms with E-state index in [1.165, 1.54) is 19.3 Å². The van der Waals surface area contributed by atoms with Crippen molar-refractivity contribution in [1.82, 2.24) is 4.90 Å². The summed E-state index contributed by atoms with van der Waals surface area (Å²) < 4.78 is 0. The van der Waals surface area contributed by atoms with Crippen LogP contribution in [0.15, 0.2) is 30.3 Å². The monoisotopic (exact) mass is 289 g/mol. The molecule has 0 amide bonds. The van der Waals surface area contributed by atoms with Gasteiger partial charge < -0.3 is 5.11 Å². The van der Waals surface area contributed by atoms with Gasteiger partial charge in [-0.05, 0) is 56.2 Å². The van der Waals surface area contributed by atoms with E-state index in [1.807, 2.05) is 30.3 Å². The topological polar surface area (TPSA) is 23.5 Å². The molecule has 1 aliphatic rings. The van der Waals surface area contributed by atoms with E-state index in [0.717, 1.165) is 24.6 Å². The molecule has 1 aromatic rings. The van der Waals surface area contributed by atoms with Crippen LogP contribution in [-0.4, -0.2) is 29.1 Å². The predicted octanol–water partition coefficient (Wildman–Crippen LogP) is 4.26. The summed E-state index contributed by atoms with van der Waals surface area (Å²) in [5, 5.41) is 10.6. The Hall–Kier alpha value is -0.860. The van der Waals surface area contributed by atoms with Crippen LogP contribution in [0.5, 0.6) is 0 Å². The zero-order valence-electron chi connectivity index (χ0n) is 14.0. The van der Waals surface area contributed by atoms with Gasteiger partial charge in [-0.3, -0.25) is 4.90 Å². The fraction of sp³-hybridized carbons (Fsp3) is 0.684. The lowest BCUT2D eigenvalue weighted by Crippen LogP contribution is -2.38. The van der Waals surface area contributed by atoms with Crippen molar-refractivity contribution in [1.29, 1.82) is 0 Å². The number of aliphatic hydroxyl groups is 1.